The first-order valence-electron chi connectivity index (χ1n) is 8.88. The summed E-state index contributed by atoms with van der Waals surface area (Å²) in [5.74, 6) is 0.819. The Kier molecular flexibility index (Phi) is 4.98. The third kappa shape index (κ3) is 3.29. The number of nitrogens with one attached hydrogen (secondary N) is 1. The lowest BCUT2D eigenvalue weighted by molar-refractivity contribution is 0.0896. The van der Waals surface area contributed by atoms with Crippen molar-refractivity contribution in [3.8, 4) is 6.07 Å². The van der Waals surface area contributed by atoms with Gasteiger partial charge in [-0.1, -0.05) is 12.8 Å². The predicted octanol–water partition coefficient (Wildman–Crippen LogP) is 0.860. The molecule has 1 amide bonds. The molecule has 1 saturated carbocycles. The van der Waals surface area contributed by atoms with Gasteiger partial charge in [-0.3, -0.25) is 9.36 Å². The molecule has 0 spiro atoms. The van der Waals surface area contributed by atoms with Gasteiger partial charge in [0.1, 0.15) is 23.3 Å². The highest BCUT2D eigenvalue weighted by Gasteiger charge is 2.29. The maximum atomic E-state index is 12.7. The summed E-state index contributed by atoms with van der Waals surface area (Å²) in [7, 11) is 5.10. The Morgan fingerprint density at radius 2 is 2.00 bits per heavy atom. The van der Waals surface area contributed by atoms with E-state index >= 15 is 0 Å². The summed E-state index contributed by atoms with van der Waals surface area (Å²) < 4.78 is 4.53. The van der Waals surface area contributed by atoms with Crippen LogP contribution in [0.2, 0.25) is 0 Å². The number of rotatable bonds is 4. The van der Waals surface area contributed by atoms with Crippen LogP contribution in [-0.2, 0) is 27.6 Å². The lowest BCUT2D eigenvalue weighted by atomic mass is 9.82. The lowest BCUT2D eigenvalue weighted by Crippen LogP contribution is -2.43. The molecule has 2 atom stereocenters. The normalized spacial score (nSPS) is 19.9. The van der Waals surface area contributed by atoms with Crippen molar-refractivity contribution in [2.75, 3.05) is 0 Å². The fraction of sp³-hybridized carbons (Fsp3) is 0.556. The largest absolute Gasteiger partial charge is 0.348 e. The summed E-state index contributed by atoms with van der Waals surface area (Å²) >= 11 is 0. The molecule has 1 N–H and O–H groups in total. The molecule has 1 aliphatic carbocycles. The van der Waals surface area contributed by atoms with Gasteiger partial charge in [-0.15, -0.1) is 0 Å². The summed E-state index contributed by atoms with van der Waals surface area (Å²) in [6.45, 7) is 0. The van der Waals surface area contributed by atoms with E-state index in [0.29, 0.717) is 17.8 Å². The van der Waals surface area contributed by atoms with Crippen molar-refractivity contribution >= 4 is 5.91 Å². The van der Waals surface area contributed by atoms with Gasteiger partial charge in [-0.2, -0.15) is 10.4 Å². The zero-order valence-corrected chi connectivity index (χ0v) is 15.4. The minimum atomic E-state index is -0.166. The van der Waals surface area contributed by atoms with Crippen molar-refractivity contribution < 1.29 is 4.79 Å². The fourth-order valence-corrected chi connectivity index (χ4v) is 3.76. The SMILES string of the molecule is Cn1c(C#N)ccc1C(=O)N[C@@H]1CCCC[C@@H]1Cc1nn(C)c(=O)n1C. The zero-order chi connectivity index (χ0) is 18.8. The molecular formula is C18H24N6O2. The summed E-state index contributed by atoms with van der Waals surface area (Å²) in [6, 6.07) is 5.43. The van der Waals surface area contributed by atoms with Crippen molar-refractivity contribution in [3.05, 3.63) is 39.8 Å². The number of amides is 1. The van der Waals surface area contributed by atoms with Gasteiger partial charge in [0.2, 0.25) is 0 Å². The molecule has 2 aromatic heterocycles. The van der Waals surface area contributed by atoms with E-state index in [1.54, 1.807) is 42.4 Å². The molecule has 138 valence electrons. The Hall–Kier alpha value is -2.82. The summed E-state index contributed by atoms with van der Waals surface area (Å²) in [5.41, 5.74) is 0.805. The van der Waals surface area contributed by atoms with Crippen LogP contribution < -0.4 is 11.0 Å². The third-order valence-electron chi connectivity index (χ3n) is 5.36. The van der Waals surface area contributed by atoms with Gasteiger partial charge in [-0.05, 0) is 30.9 Å². The monoisotopic (exact) mass is 356 g/mol. The highest BCUT2D eigenvalue weighted by Crippen LogP contribution is 2.27. The smallest absolute Gasteiger partial charge is 0.345 e. The van der Waals surface area contributed by atoms with Crippen LogP contribution in [0.1, 0.15) is 47.7 Å². The zero-order valence-electron chi connectivity index (χ0n) is 15.4. The van der Waals surface area contributed by atoms with Crippen molar-refractivity contribution in [2.45, 2.75) is 38.1 Å². The Morgan fingerprint density at radius 3 is 2.62 bits per heavy atom. The van der Waals surface area contributed by atoms with Crippen LogP contribution in [0, 0.1) is 17.2 Å². The van der Waals surface area contributed by atoms with Gasteiger partial charge in [0.25, 0.3) is 5.91 Å². The molecular weight excluding hydrogens is 332 g/mol. The van der Waals surface area contributed by atoms with E-state index in [0.717, 1.165) is 31.5 Å². The van der Waals surface area contributed by atoms with Crippen molar-refractivity contribution in [1.82, 2.24) is 24.2 Å². The highest BCUT2D eigenvalue weighted by atomic mass is 16.2. The van der Waals surface area contributed by atoms with E-state index in [-0.39, 0.29) is 23.6 Å². The van der Waals surface area contributed by atoms with E-state index in [1.165, 1.54) is 4.68 Å². The average Bonchev–Trinajstić information content (AvgIpc) is 3.11. The second kappa shape index (κ2) is 7.20. The van der Waals surface area contributed by atoms with E-state index < -0.39 is 0 Å². The molecule has 0 radical (unpaired) electrons. The predicted molar refractivity (Wildman–Crippen MR) is 95.5 cm³/mol. The average molecular weight is 356 g/mol. The van der Waals surface area contributed by atoms with Crippen LogP contribution in [0.3, 0.4) is 0 Å². The van der Waals surface area contributed by atoms with Crippen LogP contribution in [0.25, 0.3) is 0 Å². The van der Waals surface area contributed by atoms with Gasteiger partial charge in [0.05, 0.1) is 0 Å². The Bertz CT molecular complexity index is 913. The molecule has 3 rings (SSSR count). The topological polar surface area (TPSA) is 97.6 Å². The minimum Gasteiger partial charge on any atom is -0.348 e. The number of hydrogen-bond acceptors (Lipinski definition) is 4. The third-order valence-corrected chi connectivity index (χ3v) is 5.36. The molecule has 8 heteroatoms. The molecule has 2 aromatic rings. The van der Waals surface area contributed by atoms with Crippen LogP contribution in [0.15, 0.2) is 16.9 Å². The number of nitriles is 1. The number of aryl methyl sites for hydroxylation is 1. The van der Waals surface area contributed by atoms with Gasteiger partial charge >= 0.3 is 5.69 Å². The quantitative estimate of drug-likeness (QED) is 0.878. The standard InChI is InChI=1S/C18H24N6O2/c1-22-13(11-19)8-9-15(22)17(25)20-14-7-5-4-6-12(14)10-16-21-24(3)18(26)23(16)2/h8-9,12,14H,4-7,10H2,1-3H3,(H,20,25)/t12-,14-/m1/s1. The van der Waals surface area contributed by atoms with Crippen LogP contribution in [0.4, 0.5) is 0 Å². The Morgan fingerprint density at radius 1 is 1.27 bits per heavy atom. The molecule has 0 bridgehead atoms. The number of nitrogens with zero attached hydrogens (tertiary/aromatic N) is 5. The molecule has 0 unspecified atom stereocenters. The van der Waals surface area contributed by atoms with Gasteiger partial charge < -0.3 is 9.88 Å². The minimum absolute atomic E-state index is 0.0359. The number of aromatic nitrogens is 4. The number of carbonyl (C=O) groups is 1. The van der Waals surface area contributed by atoms with Gasteiger partial charge in [0, 0.05) is 33.6 Å². The van der Waals surface area contributed by atoms with Gasteiger partial charge in [-0.25, -0.2) is 9.48 Å². The van der Waals surface area contributed by atoms with E-state index in [9.17, 15) is 9.59 Å². The fourth-order valence-electron chi connectivity index (χ4n) is 3.76. The van der Waals surface area contributed by atoms with E-state index in [4.69, 9.17) is 5.26 Å². The second-order valence-corrected chi connectivity index (χ2v) is 6.98. The maximum Gasteiger partial charge on any atom is 0.345 e. The number of hydrogen-bond donors (Lipinski definition) is 1. The number of carbonyl (C=O) groups excluding carboxylic acids is 1. The van der Waals surface area contributed by atoms with E-state index in [1.807, 2.05) is 0 Å². The highest BCUT2D eigenvalue weighted by molar-refractivity contribution is 5.93. The molecule has 0 saturated heterocycles. The van der Waals surface area contributed by atoms with Crippen LogP contribution in [-0.4, -0.2) is 30.9 Å². The summed E-state index contributed by atoms with van der Waals surface area (Å²) in [5, 5.41) is 16.5. The van der Waals surface area contributed by atoms with Crippen molar-refractivity contribution in [2.24, 2.45) is 27.1 Å². The van der Waals surface area contributed by atoms with Crippen LogP contribution in [0.5, 0.6) is 0 Å². The molecule has 1 aliphatic rings. The Labute approximate surface area is 152 Å². The summed E-state index contributed by atoms with van der Waals surface area (Å²) in [4.78, 5) is 24.6. The first-order chi connectivity index (χ1) is 12.4. The Balaban J connectivity index is 1.75. The van der Waals surface area contributed by atoms with Crippen LogP contribution >= 0.6 is 0 Å². The lowest BCUT2D eigenvalue weighted by Gasteiger charge is -2.32. The molecule has 0 aromatic carbocycles. The van der Waals surface area contributed by atoms with Crippen molar-refractivity contribution in [1.29, 1.82) is 5.26 Å². The maximum absolute atomic E-state index is 12.7. The molecule has 1 fully saturated rings. The van der Waals surface area contributed by atoms with Gasteiger partial charge in [0.15, 0.2) is 0 Å². The van der Waals surface area contributed by atoms with Crippen molar-refractivity contribution in [3.63, 3.8) is 0 Å². The first kappa shape index (κ1) is 18.0. The summed E-state index contributed by atoms with van der Waals surface area (Å²) in [6.07, 6.45) is 4.74. The first-order valence-corrected chi connectivity index (χ1v) is 8.88. The van der Waals surface area contributed by atoms with E-state index in [2.05, 4.69) is 16.5 Å². The molecule has 8 nitrogen and oxygen atoms in total. The molecule has 26 heavy (non-hydrogen) atoms. The molecule has 0 aliphatic heterocycles. The second-order valence-electron chi connectivity index (χ2n) is 6.98. The molecule has 2 heterocycles.